The van der Waals surface area contributed by atoms with Crippen LogP contribution in [-0.2, 0) is 0 Å². The van der Waals surface area contributed by atoms with Crippen molar-refractivity contribution in [1.82, 2.24) is 0 Å². The molecular weight excluding hydrogens is 260 g/mol. The van der Waals surface area contributed by atoms with Gasteiger partial charge in [-0.2, -0.15) is 0 Å². The minimum atomic E-state index is 1.04. The van der Waals surface area contributed by atoms with Gasteiger partial charge in [0.2, 0.25) is 0 Å². The second-order valence-electron chi connectivity index (χ2n) is 3.63. The third kappa shape index (κ3) is 3.07. The average Bonchev–Trinajstić information content (AvgIpc) is 2.30. The van der Waals surface area contributed by atoms with Gasteiger partial charge in [0.15, 0.2) is 0 Å². The largest absolute Gasteiger partial charge is 0.0584 e. The second kappa shape index (κ2) is 5.13. The first-order chi connectivity index (χ1) is 7.74. The van der Waals surface area contributed by atoms with Gasteiger partial charge >= 0.3 is 0 Å². The predicted octanol–water partition coefficient (Wildman–Crippen LogP) is 4.80. The molecule has 2 aromatic rings. The van der Waals surface area contributed by atoms with Crippen molar-refractivity contribution in [3.05, 3.63) is 76.6 Å². The quantitative estimate of drug-likeness (QED) is 0.689. The van der Waals surface area contributed by atoms with Gasteiger partial charge in [-0.15, -0.1) is 0 Å². The number of rotatable bonds is 2. The first-order valence-corrected chi connectivity index (χ1v) is 5.89. The molecule has 0 aliphatic rings. The minimum absolute atomic E-state index is 1.04. The molecule has 0 amide bonds. The van der Waals surface area contributed by atoms with Crippen molar-refractivity contribution in [3.63, 3.8) is 0 Å². The molecule has 1 radical (unpaired) electrons. The molecule has 0 saturated heterocycles. The van der Waals surface area contributed by atoms with Gasteiger partial charge in [0, 0.05) is 4.47 Å². The molecule has 0 nitrogen and oxygen atoms in total. The highest BCUT2D eigenvalue weighted by Crippen LogP contribution is 2.13. The summed E-state index contributed by atoms with van der Waals surface area (Å²) in [7, 11) is 0. The van der Waals surface area contributed by atoms with Crippen LogP contribution in [0.4, 0.5) is 0 Å². The van der Waals surface area contributed by atoms with Gasteiger partial charge < -0.3 is 0 Å². The van der Waals surface area contributed by atoms with Gasteiger partial charge in [-0.1, -0.05) is 64.5 Å². The smallest absolute Gasteiger partial charge is 0.0175 e. The fourth-order valence-electron chi connectivity index (χ4n) is 1.40. The molecule has 0 unspecified atom stereocenters. The van der Waals surface area contributed by atoms with Crippen LogP contribution in [0.15, 0.2) is 53.0 Å². The van der Waals surface area contributed by atoms with Crippen LogP contribution >= 0.6 is 15.9 Å². The standard InChI is InChI=1S/C15H12Br/c1-12-2-4-13(5-3-12)6-7-14-8-10-15(16)11-9-14/h2-11H,1H2. The maximum absolute atomic E-state index is 3.86. The first kappa shape index (κ1) is 11.2. The van der Waals surface area contributed by atoms with Crippen LogP contribution in [0, 0.1) is 6.92 Å². The zero-order chi connectivity index (χ0) is 11.4. The molecule has 0 heterocycles. The zero-order valence-corrected chi connectivity index (χ0v) is 10.4. The molecule has 0 aromatic heterocycles. The van der Waals surface area contributed by atoms with Crippen molar-refractivity contribution in [2.45, 2.75) is 0 Å². The van der Waals surface area contributed by atoms with Gasteiger partial charge in [0.1, 0.15) is 0 Å². The molecule has 0 bridgehead atoms. The molecule has 1 heteroatoms. The van der Waals surface area contributed by atoms with Crippen molar-refractivity contribution in [2.75, 3.05) is 0 Å². The molecule has 0 atom stereocenters. The monoisotopic (exact) mass is 271 g/mol. The third-order valence-electron chi connectivity index (χ3n) is 2.32. The highest BCUT2D eigenvalue weighted by molar-refractivity contribution is 9.10. The summed E-state index contributed by atoms with van der Waals surface area (Å²) in [5.41, 5.74) is 3.43. The molecule has 0 spiro atoms. The average molecular weight is 272 g/mol. The second-order valence-corrected chi connectivity index (χ2v) is 4.54. The molecule has 0 aliphatic carbocycles. The van der Waals surface area contributed by atoms with E-state index in [-0.39, 0.29) is 0 Å². The Balaban J connectivity index is 2.15. The van der Waals surface area contributed by atoms with E-state index in [0.717, 1.165) is 10.0 Å². The summed E-state index contributed by atoms with van der Waals surface area (Å²) in [4.78, 5) is 0. The summed E-state index contributed by atoms with van der Waals surface area (Å²) in [5.74, 6) is 0. The Labute approximate surface area is 105 Å². The van der Waals surface area contributed by atoms with Crippen LogP contribution in [-0.4, -0.2) is 0 Å². The third-order valence-corrected chi connectivity index (χ3v) is 2.85. The SMILES string of the molecule is [CH2]c1ccc(C=Cc2ccc(Br)cc2)cc1. The van der Waals surface area contributed by atoms with Crippen LogP contribution in [0.1, 0.15) is 16.7 Å². The molecule has 0 aliphatic heterocycles. The lowest BCUT2D eigenvalue weighted by Gasteiger charge is -1.96. The number of hydrogen-bond donors (Lipinski definition) is 0. The molecule has 2 aromatic carbocycles. The number of halogens is 1. The molecule has 0 saturated carbocycles. The van der Waals surface area contributed by atoms with Crippen LogP contribution in [0.25, 0.3) is 12.2 Å². The lowest BCUT2D eigenvalue weighted by Crippen LogP contribution is -1.74. The zero-order valence-electron chi connectivity index (χ0n) is 8.86. The summed E-state index contributed by atoms with van der Waals surface area (Å²) in [6.45, 7) is 3.86. The Bertz CT molecular complexity index is 430. The molecular formula is C15H12Br. The molecule has 0 N–H and O–H groups in total. The summed E-state index contributed by atoms with van der Waals surface area (Å²) in [5, 5.41) is 0. The fraction of sp³-hybridized carbons (Fsp3) is 0. The minimum Gasteiger partial charge on any atom is -0.0584 e. The Morgan fingerprint density at radius 3 is 1.69 bits per heavy atom. The van der Waals surface area contributed by atoms with Crippen molar-refractivity contribution < 1.29 is 0 Å². The van der Waals surface area contributed by atoms with Gasteiger partial charge in [-0.05, 0) is 35.7 Å². The van der Waals surface area contributed by atoms with E-state index in [0.29, 0.717) is 0 Å². The summed E-state index contributed by atoms with van der Waals surface area (Å²) < 4.78 is 1.10. The number of hydrogen-bond acceptors (Lipinski definition) is 0. The van der Waals surface area contributed by atoms with E-state index in [1.54, 1.807) is 0 Å². The first-order valence-electron chi connectivity index (χ1n) is 5.10. The van der Waals surface area contributed by atoms with Crippen molar-refractivity contribution >= 4 is 28.1 Å². The van der Waals surface area contributed by atoms with E-state index in [1.807, 2.05) is 24.3 Å². The van der Waals surface area contributed by atoms with Crippen LogP contribution in [0.2, 0.25) is 0 Å². The molecule has 0 fully saturated rings. The van der Waals surface area contributed by atoms with Gasteiger partial charge in [0.05, 0.1) is 0 Å². The van der Waals surface area contributed by atoms with Crippen LogP contribution < -0.4 is 0 Å². The van der Waals surface area contributed by atoms with Crippen molar-refractivity contribution in [1.29, 1.82) is 0 Å². The van der Waals surface area contributed by atoms with E-state index in [9.17, 15) is 0 Å². The van der Waals surface area contributed by atoms with E-state index < -0.39 is 0 Å². The Morgan fingerprint density at radius 2 is 1.19 bits per heavy atom. The lowest BCUT2D eigenvalue weighted by atomic mass is 10.1. The highest BCUT2D eigenvalue weighted by Gasteiger charge is 1.89. The predicted molar refractivity (Wildman–Crippen MR) is 74.0 cm³/mol. The van der Waals surface area contributed by atoms with Gasteiger partial charge in [0.25, 0.3) is 0 Å². The molecule has 79 valence electrons. The maximum atomic E-state index is 3.86. The van der Waals surface area contributed by atoms with Crippen LogP contribution in [0.5, 0.6) is 0 Å². The molecule has 2 rings (SSSR count). The van der Waals surface area contributed by atoms with Gasteiger partial charge in [-0.3, -0.25) is 0 Å². The highest BCUT2D eigenvalue weighted by atomic mass is 79.9. The summed E-state index contributed by atoms with van der Waals surface area (Å²) in [6.07, 6.45) is 4.20. The van der Waals surface area contributed by atoms with Crippen LogP contribution in [0.3, 0.4) is 0 Å². The Kier molecular flexibility index (Phi) is 3.58. The van der Waals surface area contributed by atoms with Crippen molar-refractivity contribution in [2.24, 2.45) is 0 Å². The van der Waals surface area contributed by atoms with E-state index >= 15 is 0 Å². The Hall–Kier alpha value is -1.34. The summed E-state index contributed by atoms with van der Waals surface area (Å²) in [6, 6.07) is 16.4. The van der Waals surface area contributed by atoms with Crippen molar-refractivity contribution in [3.8, 4) is 0 Å². The topological polar surface area (TPSA) is 0 Å². The van der Waals surface area contributed by atoms with E-state index in [2.05, 4.69) is 59.3 Å². The lowest BCUT2D eigenvalue weighted by molar-refractivity contribution is 1.58. The Morgan fingerprint density at radius 1 is 0.750 bits per heavy atom. The normalized spacial score (nSPS) is 10.9. The summed E-state index contributed by atoms with van der Waals surface area (Å²) >= 11 is 3.42. The fourth-order valence-corrected chi connectivity index (χ4v) is 1.66. The van der Waals surface area contributed by atoms with Gasteiger partial charge in [-0.25, -0.2) is 0 Å². The number of benzene rings is 2. The maximum Gasteiger partial charge on any atom is 0.0175 e. The van der Waals surface area contributed by atoms with E-state index in [1.165, 1.54) is 11.1 Å². The molecule has 16 heavy (non-hydrogen) atoms. The van der Waals surface area contributed by atoms with E-state index in [4.69, 9.17) is 0 Å².